The van der Waals surface area contributed by atoms with E-state index in [2.05, 4.69) is 5.32 Å². The first kappa shape index (κ1) is 19.5. The Kier molecular flexibility index (Phi) is 6.23. The number of hydrogen-bond donors (Lipinski definition) is 2. The monoisotopic (exact) mass is 372 g/mol. The fourth-order valence-electron chi connectivity index (χ4n) is 2.80. The van der Waals surface area contributed by atoms with Gasteiger partial charge in [0.1, 0.15) is 16.7 Å². The van der Waals surface area contributed by atoms with Gasteiger partial charge in [0.2, 0.25) is 10.0 Å². The fourth-order valence-corrected chi connectivity index (χ4v) is 4.47. The number of carboxylic acid groups (broad SMARTS) is 1. The van der Waals surface area contributed by atoms with E-state index in [1.54, 1.807) is 0 Å². The molecule has 1 atom stereocenters. The summed E-state index contributed by atoms with van der Waals surface area (Å²) in [5.74, 6) is -1.93. The van der Waals surface area contributed by atoms with Crippen LogP contribution in [-0.2, 0) is 14.8 Å². The molecule has 2 N–H and O–H groups in total. The van der Waals surface area contributed by atoms with Gasteiger partial charge in [-0.05, 0) is 26.2 Å². The number of sulfonamides is 1. The average molecular weight is 372 g/mol. The first-order chi connectivity index (χ1) is 11.8. The number of nitrogens with one attached hydrogen (secondary N) is 1. The van der Waals surface area contributed by atoms with Gasteiger partial charge in [-0.2, -0.15) is 4.31 Å². The number of furan rings is 1. The Morgan fingerprint density at radius 2 is 2.00 bits per heavy atom. The predicted octanol–water partition coefficient (Wildman–Crippen LogP) is 1.75. The molecule has 1 aromatic rings. The highest BCUT2D eigenvalue weighted by atomic mass is 32.2. The van der Waals surface area contributed by atoms with Crippen molar-refractivity contribution >= 4 is 21.9 Å². The molecule has 1 aliphatic rings. The van der Waals surface area contributed by atoms with Crippen LogP contribution in [0.25, 0.3) is 0 Å². The summed E-state index contributed by atoms with van der Waals surface area (Å²) in [6, 6.07) is 0.147. The van der Waals surface area contributed by atoms with Crippen molar-refractivity contribution in [3.05, 3.63) is 17.6 Å². The molecule has 1 unspecified atom stereocenters. The average Bonchev–Trinajstić information content (AvgIpc) is 3.20. The van der Waals surface area contributed by atoms with Gasteiger partial charge in [-0.15, -0.1) is 0 Å². The van der Waals surface area contributed by atoms with Gasteiger partial charge in [-0.3, -0.25) is 4.79 Å². The summed E-state index contributed by atoms with van der Waals surface area (Å²) in [7, 11) is -3.70. The van der Waals surface area contributed by atoms with Gasteiger partial charge in [0.15, 0.2) is 5.76 Å². The fraction of sp³-hybridized carbons (Fsp3) is 0.625. The van der Waals surface area contributed by atoms with E-state index in [-0.39, 0.29) is 16.4 Å². The van der Waals surface area contributed by atoms with Crippen molar-refractivity contribution in [2.75, 3.05) is 13.1 Å². The Balaban J connectivity index is 2.18. The lowest BCUT2D eigenvalue weighted by atomic mass is 10.1. The van der Waals surface area contributed by atoms with Gasteiger partial charge in [0.25, 0.3) is 5.91 Å². The van der Waals surface area contributed by atoms with Crippen LogP contribution in [0, 0.1) is 6.92 Å². The number of aryl methyl sites for hydroxylation is 1. The lowest BCUT2D eigenvalue weighted by Crippen LogP contribution is -2.40. The summed E-state index contributed by atoms with van der Waals surface area (Å²) in [6.45, 7) is 4.30. The summed E-state index contributed by atoms with van der Waals surface area (Å²) in [5, 5.41) is 11.6. The highest BCUT2D eigenvalue weighted by molar-refractivity contribution is 7.89. The third kappa shape index (κ3) is 4.40. The van der Waals surface area contributed by atoms with Crippen molar-refractivity contribution in [1.29, 1.82) is 0 Å². The quantitative estimate of drug-likeness (QED) is 0.718. The number of carbonyl (C=O) groups excluding carboxylic acids is 1. The van der Waals surface area contributed by atoms with Crippen LogP contribution >= 0.6 is 0 Å². The first-order valence-electron chi connectivity index (χ1n) is 8.41. The molecule has 0 radical (unpaired) electrons. The van der Waals surface area contributed by atoms with Gasteiger partial charge in [0, 0.05) is 19.2 Å². The SMILES string of the molecule is CCCCC(NC(=O)c1cc(S(=O)(=O)N2CCCC2)c(C)o1)C(=O)O. The third-order valence-corrected chi connectivity index (χ3v) is 6.23. The topological polar surface area (TPSA) is 117 Å². The molecule has 2 heterocycles. The molecular weight excluding hydrogens is 348 g/mol. The molecule has 0 aliphatic carbocycles. The number of carboxylic acids is 1. The zero-order chi connectivity index (χ0) is 18.6. The van der Waals surface area contributed by atoms with Crippen molar-refractivity contribution in [1.82, 2.24) is 9.62 Å². The van der Waals surface area contributed by atoms with Crippen molar-refractivity contribution in [3.8, 4) is 0 Å². The Bertz CT molecular complexity index is 734. The normalized spacial score (nSPS) is 16.7. The largest absolute Gasteiger partial charge is 0.480 e. The number of aliphatic carboxylic acids is 1. The number of unbranched alkanes of at least 4 members (excludes halogenated alkanes) is 1. The number of hydrogen-bond acceptors (Lipinski definition) is 5. The molecular formula is C16H24N2O6S. The van der Waals surface area contributed by atoms with Crippen molar-refractivity contribution in [3.63, 3.8) is 0 Å². The van der Waals surface area contributed by atoms with Crippen LogP contribution in [0.4, 0.5) is 0 Å². The van der Waals surface area contributed by atoms with Crippen molar-refractivity contribution in [2.45, 2.75) is 56.9 Å². The number of rotatable bonds is 8. The summed E-state index contributed by atoms with van der Waals surface area (Å²) in [4.78, 5) is 23.4. The van der Waals surface area contributed by atoms with Crippen LogP contribution in [0.2, 0.25) is 0 Å². The Labute approximate surface area is 147 Å². The second-order valence-corrected chi connectivity index (χ2v) is 8.06. The molecule has 140 valence electrons. The Morgan fingerprint density at radius 1 is 1.36 bits per heavy atom. The molecule has 0 spiro atoms. The van der Waals surface area contributed by atoms with E-state index in [9.17, 15) is 23.1 Å². The van der Waals surface area contributed by atoms with E-state index >= 15 is 0 Å². The smallest absolute Gasteiger partial charge is 0.326 e. The Morgan fingerprint density at radius 3 is 2.56 bits per heavy atom. The van der Waals surface area contributed by atoms with Crippen LogP contribution in [0.3, 0.4) is 0 Å². The summed E-state index contributed by atoms with van der Waals surface area (Å²) in [6.07, 6.45) is 3.37. The van der Waals surface area contributed by atoms with Crippen LogP contribution in [0.15, 0.2) is 15.4 Å². The number of amides is 1. The molecule has 1 saturated heterocycles. The molecule has 1 fully saturated rings. The highest BCUT2D eigenvalue weighted by Gasteiger charge is 2.32. The Hall–Kier alpha value is -1.87. The second-order valence-electron chi connectivity index (χ2n) is 6.15. The zero-order valence-electron chi connectivity index (χ0n) is 14.4. The zero-order valence-corrected chi connectivity index (χ0v) is 15.3. The van der Waals surface area contributed by atoms with E-state index in [1.807, 2.05) is 6.92 Å². The molecule has 2 rings (SSSR count). The summed E-state index contributed by atoms with van der Waals surface area (Å²) < 4.78 is 31.9. The molecule has 0 saturated carbocycles. The predicted molar refractivity (Wildman–Crippen MR) is 89.9 cm³/mol. The minimum atomic E-state index is -3.70. The minimum Gasteiger partial charge on any atom is -0.480 e. The molecule has 0 aromatic carbocycles. The van der Waals surface area contributed by atoms with E-state index in [4.69, 9.17) is 4.42 Å². The van der Waals surface area contributed by atoms with E-state index in [0.29, 0.717) is 25.9 Å². The van der Waals surface area contributed by atoms with Crippen LogP contribution in [0.5, 0.6) is 0 Å². The van der Waals surface area contributed by atoms with Crippen molar-refractivity contribution in [2.24, 2.45) is 0 Å². The maximum absolute atomic E-state index is 12.6. The van der Waals surface area contributed by atoms with Crippen molar-refractivity contribution < 1.29 is 27.5 Å². The van der Waals surface area contributed by atoms with Crippen LogP contribution in [0.1, 0.15) is 55.3 Å². The van der Waals surface area contributed by atoms with Gasteiger partial charge in [-0.25, -0.2) is 13.2 Å². The molecule has 8 nitrogen and oxygen atoms in total. The summed E-state index contributed by atoms with van der Waals surface area (Å²) >= 11 is 0. The lowest BCUT2D eigenvalue weighted by molar-refractivity contribution is -0.139. The van der Waals surface area contributed by atoms with Gasteiger partial charge in [-0.1, -0.05) is 19.8 Å². The van der Waals surface area contributed by atoms with E-state index in [1.165, 1.54) is 17.3 Å². The highest BCUT2D eigenvalue weighted by Crippen LogP contribution is 2.26. The second kappa shape index (κ2) is 8.01. The molecule has 1 aromatic heterocycles. The maximum atomic E-state index is 12.6. The van der Waals surface area contributed by atoms with E-state index in [0.717, 1.165) is 19.3 Å². The number of nitrogens with zero attached hydrogens (tertiary/aromatic N) is 1. The first-order valence-corrected chi connectivity index (χ1v) is 9.85. The van der Waals surface area contributed by atoms with Gasteiger partial charge >= 0.3 is 5.97 Å². The minimum absolute atomic E-state index is 0.0417. The standard InChI is InChI=1S/C16H24N2O6S/c1-3-4-7-12(16(20)21)17-15(19)13-10-14(11(2)24-13)25(22,23)18-8-5-6-9-18/h10,12H,3-9H2,1-2H3,(H,17,19)(H,20,21). The molecule has 9 heteroatoms. The lowest BCUT2D eigenvalue weighted by Gasteiger charge is -2.14. The van der Waals surface area contributed by atoms with Crippen LogP contribution in [-0.4, -0.2) is 48.8 Å². The molecule has 1 aliphatic heterocycles. The summed E-state index contributed by atoms with van der Waals surface area (Å²) in [5.41, 5.74) is 0. The maximum Gasteiger partial charge on any atom is 0.326 e. The number of carbonyl (C=O) groups is 2. The van der Waals surface area contributed by atoms with Gasteiger partial charge in [0.05, 0.1) is 0 Å². The molecule has 1 amide bonds. The molecule has 0 bridgehead atoms. The van der Waals surface area contributed by atoms with E-state index < -0.39 is 27.9 Å². The van der Waals surface area contributed by atoms with Gasteiger partial charge < -0.3 is 14.8 Å². The van der Waals surface area contributed by atoms with Crippen LogP contribution < -0.4 is 5.32 Å². The molecule has 25 heavy (non-hydrogen) atoms. The third-order valence-electron chi connectivity index (χ3n) is 4.23.